The number of carbonyl (C=O) groups is 1. The summed E-state index contributed by atoms with van der Waals surface area (Å²) in [6.45, 7) is 10.9. The van der Waals surface area contributed by atoms with Crippen LogP contribution >= 0.6 is 0 Å². The van der Waals surface area contributed by atoms with Crippen molar-refractivity contribution in [3.8, 4) is 5.82 Å². The van der Waals surface area contributed by atoms with Crippen molar-refractivity contribution in [2.75, 3.05) is 37.7 Å². The van der Waals surface area contributed by atoms with Gasteiger partial charge in [0.2, 0.25) is 5.91 Å². The fourth-order valence-electron chi connectivity index (χ4n) is 4.32. The minimum Gasteiger partial charge on any atom is -0.372 e. The average Bonchev–Trinajstić information content (AvgIpc) is 3.31. The summed E-state index contributed by atoms with van der Waals surface area (Å²) < 4.78 is 7.52. The summed E-state index contributed by atoms with van der Waals surface area (Å²) in [7, 11) is 0. The van der Waals surface area contributed by atoms with Crippen LogP contribution in [0.25, 0.3) is 5.82 Å². The first kappa shape index (κ1) is 17.8. The molecule has 142 valence electrons. The number of nitrogens with zero attached hydrogens (tertiary/aromatic N) is 4. The first-order valence-corrected chi connectivity index (χ1v) is 9.47. The molecule has 2 aromatic rings. The zero-order chi connectivity index (χ0) is 19.0. The third-order valence-electron chi connectivity index (χ3n) is 5.49. The number of amides is 1. The SMILES string of the molecule is C=C(C)CN1c2cccnc2-n2cccc2[C@@]12CCN(C(=O)COCC)C2. The number of anilines is 1. The van der Waals surface area contributed by atoms with E-state index in [1.807, 2.05) is 31.0 Å². The molecule has 6 nitrogen and oxygen atoms in total. The second-order valence-electron chi connectivity index (χ2n) is 7.39. The van der Waals surface area contributed by atoms with E-state index in [4.69, 9.17) is 4.74 Å². The van der Waals surface area contributed by atoms with Crippen LogP contribution in [0.1, 0.15) is 26.0 Å². The van der Waals surface area contributed by atoms with Crippen molar-refractivity contribution >= 4 is 11.6 Å². The molecular weight excluding hydrogens is 340 g/mol. The summed E-state index contributed by atoms with van der Waals surface area (Å²) in [5, 5.41) is 0. The van der Waals surface area contributed by atoms with Gasteiger partial charge in [0, 0.05) is 38.6 Å². The fourth-order valence-corrected chi connectivity index (χ4v) is 4.32. The molecule has 1 fully saturated rings. The normalized spacial score (nSPS) is 20.7. The smallest absolute Gasteiger partial charge is 0.248 e. The number of carbonyl (C=O) groups excluding carboxylic acids is 1. The minimum atomic E-state index is -0.277. The van der Waals surface area contributed by atoms with Gasteiger partial charge in [-0.15, -0.1) is 0 Å². The Morgan fingerprint density at radius 1 is 1.37 bits per heavy atom. The molecule has 0 aromatic carbocycles. The average molecular weight is 366 g/mol. The molecule has 0 aliphatic carbocycles. The molecule has 0 saturated carbocycles. The molecule has 4 heterocycles. The van der Waals surface area contributed by atoms with Gasteiger partial charge in [0.25, 0.3) is 0 Å². The number of aromatic nitrogens is 2. The highest BCUT2D eigenvalue weighted by Gasteiger charge is 2.50. The van der Waals surface area contributed by atoms with Crippen molar-refractivity contribution < 1.29 is 9.53 Å². The first-order valence-electron chi connectivity index (χ1n) is 9.47. The standard InChI is InChI=1S/C21H26N4O2/c1-4-27-14-19(26)23-12-9-21(15-23)18-8-6-11-24(18)20-17(7-5-10-22-20)25(21)13-16(2)3/h5-8,10-11H,2,4,9,12-15H2,1,3H3/t21-/m0/s1. The van der Waals surface area contributed by atoms with Gasteiger partial charge in [0.05, 0.1) is 11.4 Å². The Kier molecular flexibility index (Phi) is 4.52. The fraction of sp³-hybridized carbons (Fsp3) is 0.429. The lowest BCUT2D eigenvalue weighted by atomic mass is 9.88. The molecular formula is C21H26N4O2. The van der Waals surface area contributed by atoms with E-state index >= 15 is 0 Å². The van der Waals surface area contributed by atoms with Crippen molar-refractivity contribution in [1.29, 1.82) is 0 Å². The van der Waals surface area contributed by atoms with E-state index in [0.29, 0.717) is 13.2 Å². The summed E-state index contributed by atoms with van der Waals surface area (Å²) in [4.78, 5) is 21.6. The Hall–Kier alpha value is -2.60. The van der Waals surface area contributed by atoms with Crippen LogP contribution in [0.4, 0.5) is 5.69 Å². The van der Waals surface area contributed by atoms with Crippen molar-refractivity contribution in [3.63, 3.8) is 0 Å². The molecule has 0 unspecified atom stereocenters. The molecule has 0 N–H and O–H groups in total. The van der Waals surface area contributed by atoms with E-state index in [9.17, 15) is 4.79 Å². The lowest BCUT2D eigenvalue weighted by molar-refractivity contribution is -0.135. The number of fused-ring (bicyclic) bond motifs is 4. The molecule has 1 saturated heterocycles. The number of likely N-dealkylation sites (tertiary alicyclic amines) is 1. The first-order chi connectivity index (χ1) is 13.1. The van der Waals surface area contributed by atoms with E-state index in [0.717, 1.165) is 36.6 Å². The van der Waals surface area contributed by atoms with Gasteiger partial charge < -0.3 is 19.1 Å². The second kappa shape index (κ2) is 6.85. The van der Waals surface area contributed by atoms with Gasteiger partial charge in [-0.05, 0) is 44.5 Å². The number of hydrogen-bond donors (Lipinski definition) is 0. The molecule has 2 aromatic heterocycles. The lowest BCUT2D eigenvalue weighted by Gasteiger charge is -2.47. The van der Waals surface area contributed by atoms with Crippen molar-refractivity contribution in [3.05, 3.63) is 54.5 Å². The Labute approximate surface area is 160 Å². The monoisotopic (exact) mass is 366 g/mol. The van der Waals surface area contributed by atoms with E-state index in [-0.39, 0.29) is 18.1 Å². The maximum Gasteiger partial charge on any atom is 0.248 e. The van der Waals surface area contributed by atoms with Gasteiger partial charge in [-0.2, -0.15) is 0 Å². The number of rotatable bonds is 5. The van der Waals surface area contributed by atoms with E-state index in [1.165, 1.54) is 5.69 Å². The van der Waals surface area contributed by atoms with Crippen molar-refractivity contribution in [1.82, 2.24) is 14.5 Å². The van der Waals surface area contributed by atoms with Crippen LogP contribution in [-0.4, -0.2) is 53.2 Å². The maximum absolute atomic E-state index is 12.6. The number of pyridine rings is 1. The molecule has 4 rings (SSSR count). The topological polar surface area (TPSA) is 50.6 Å². The molecule has 0 radical (unpaired) electrons. The van der Waals surface area contributed by atoms with Crippen LogP contribution in [0, 0.1) is 0 Å². The Morgan fingerprint density at radius 2 is 2.22 bits per heavy atom. The van der Waals surface area contributed by atoms with Gasteiger partial charge in [-0.25, -0.2) is 4.98 Å². The zero-order valence-electron chi connectivity index (χ0n) is 16.0. The van der Waals surface area contributed by atoms with Gasteiger partial charge >= 0.3 is 0 Å². The van der Waals surface area contributed by atoms with Gasteiger partial charge in [0.15, 0.2) is 5.82 Å². The molecule has 27 heavy (non-hydrogen) atoms. The number of hydrogen-bond acceptors (Lipinski definition) is 4. The molecule has 1 spiro atoms. The van der Waals surface area contributed by atoms with E-state index in [1.54, 1.807) is 0 Å². The Morgan fingerprint density at radius 3 is 3.00 bits per heavy atom. The summed E-state index contributed by atoms with van der Waals surface area (Å²) in [5.41, 5.74) is 3.08. The molecule has 1 atom stereocenters. The summed E-state index contributed by atoms with van der Waals surface area (Å²) >= 11 is 0. The Balaban J connectivity index is 1.77. The summed E-state index contributed by atoms with van der Waals surface area (Å²) in [6, 6.07) is 8.30. The van der Waals surface area contributed by atoms with Crippen LogP contribution in [-0.2, 0) is 15.1 Å². The molecule has 1 amide bonds. The van der Waals surface area contributed by atoms with E-state index < -0.39 is 0 Å². The molecule has 0 bridgehead atoms. The van der Waals surface area contributed by atoms with Crippen LogP contribution in [0.5, 0.6) is 0 Å². The largest absolute Gasteiger partial charge is 0.372 e. The molecule has 6 heteroatoms. The number of ether oxygens (including phenoxy) is 1. The molecule has 2 aliphatic rings. The minimum absolute atomic E-state index is 0.0547. The van der Waals surface area contributed by atoms with E-state index in [2.05, 4.69) is 45.4 Å². The van der Waals surface area contributed by atoms with Crippen molar-refractivity contribution in [2.24, 2.45) is 0 Å². The maximum atomic E-state index is 12.6. The third-order valence-corrected chi connectivity index (χ3v) is 5.49. The summed E-state index contributed by atoms with van der Waals surface area (Å²) in [5.74, 6) is 0.988. The highest BCUT2D eigenvalue weighted by atomic mass is 16.5. The van der Waals surface area contributed by atoms with Crippen LogP contribution < -0.4 is 4.90 Å². The van der Waals surface area contributed by atoms with Gasteiger partial charge in [-0.3, -0.25) is 4.79 Å². The predicted molar refractivity (Wildman–Crippen MR) is 105 cm³/mol. The molecule has 2 aliphatic heterocycles. The highest BCUT2D eigenvalue weighted by Crippen LogP contribution is 2.47. The predicted octanol–water partition coefficient (Wildman–Crippen LogP) is 2.73. The van der Waals surface area contributed by atoms with Gasteiger partial charge in [0.1, 0.15) is 12.1 Å². The second-order valence-corrected chi connectivity index (χ2v) is 7.39. The quantitative estimate of drug-likeness (QED) is 0.764. The zero-order valence-corrected chi connectivity index (χ0v) is 16.0. The third kappa shape index (κ3) is 2.84. The van der Waals surface area contributed by atoms with Gasteiger partial charge in [-0.1, -0.05) is 12.2 Å². The van der Waals surface area contributed by atoms with Crippen LogP contribution in [0.3, 0.4) is 0 Å². The summed E-state index contributed by atoms with van der Waals surface area (Å²) in [6.07, 6.45) is 4.76. The van der Waals surface area contributed by atoms with Crippen LogP contribution in [0.15, 0.2) is 48.8 Å². The van der Waals surface area contributed by atoms with Crippen molar-refractivity contribution in [2.45, 2.75) is 25.8 Å². The highest BCUT2D eigenvalue weighted by molar-refractivity contribution is 5.78. The van der Waals surface area contributed by atoms with Crippen LogP contribution in [0.2, 0.25) is 0 Å². The lowest BCUT2D eigenvalue weighted by Crippen LogP contribution is -2.53. The Bertz CT molecular complexity index is 875.